The average Bonchev–Trinajstić information content (AvgIpc) is 2.05. The smallest absolute Gasteiger partial charge is 0.0655 e. The van der Waals surface area contributed by atoms with E-state index in [2.05, 4.69) is 13.0 Å². The molecule has 0 aliphatic rings. The van der Waals surface area contributed by atoms with Crippen molar-refractivity contribution in [3.05, 3.63) is 35.4 Å². The molecule has 0 aliphatic carbocycles. The van der Waals surface area contributed by atoms with Gasteiger partial charge in [0.05, 0.1) is 12.6 Å². The highest BCUT2D eigenvalue weighted by Crippen LogP contribution is 2.14. The predicted octanol–water partition coefficient (Wildman–Crippen LogP) is 1.64. The molecule has 0 aromatic heterocycles. The molecule has 2 heteroatoms. The molecule has 66 valence electrons. The van der Waals surface area contributed by atoms with Gasteiger partial charge in [-0.2, -0.15) is 0 Å². The summed E-state index contributed by atoms with van der Waals surface area (Å²) in [6, 6.07) is 8.11. The molecular formula is C10H15NO. The second-order valence-electron chi connectivity index (χ2n) is 2.92. The molecule has 0 aliphatic heterocycles. The minimum atomic E-state index is -0.00352. The molecule has 0 fully saturated rings. The van der Waals surface area contributed by atoms with Gasteiger partial charge in [0, 0.05) is 7.11 Å². The van der Waals surface area contributed by atoms with Crippen molar-refractivity contribution >= 4 is 0 Å². The first-order chi connectivity index (χ1) is 5.75. The molecule has 0 saturated heterocycles. The molecule has 1 rings (SSSR count). The summed E-state index contributed by atoms with van der Waals surface area (Å²) in [5, 5.41) is 0. The van der Waals surface area contributed by atoms with E-state index in [0.29, 0.717) is 6.61 Å². The van der Waals surface area contributed by atoms with E-state index in [1.807, 2.05) is 18.2 Å². The van der Waals surface area contributed by atoms with Crippen molar-refractivity contribution in [2.45, 2.75) is 13.0 Å². The molecular weight excluding hydrogens is 150 g/mol. The fourth-order valence-corrected chi connectivity index (χ4v) is 1.27. The van der Waals surface area contributed by atoms with E-state index in [1.165, 1.54) is 11.1 Å². The topological polar surface area (TPSA) is 35.2 Å². The van der Waals surface area contributed by atoms with E-state index in [-0.39, 0.29) is 6.04 Å². The van der Waals surface area contributed by atoms with Crippen LogP contribution in [0.5, 0.6) is 0 Å². The lowest BCUT2D eigenvalue weighted by molar-refractivity contribution is 0.180. The fraction of sp³-hybridized carbons (Fsp3) is 0.400. The van der Waals surface area contributed by atoms with Crippen molar-refractivity contribution in [1.82, 2.24) is 0 Å². The highest BCUT2D eigenvalue weighted by molar-refractivity contribution is 5.28. The number of hydrogen-bond donors (Lipinski definition) is 1. The van der Waals surface area contributed by atoms with Gasteiger partial charge < -0.3 is 10.5 Å². The first-order valence-electron chi connectivity index (χ1n) is 4.05. The third-order valence-corrected chi connectivity index (χ3v) is 1.93. The summed E-state index contributed by atoms with van der Waals surface area (Å²) in [6.45, 7) is 2.63. The number of aryl methyl sites for hydroxylation is 1. The number of ether oxygens (including phenoxy) is 1. The van der Waals surface area contributed by atoms with Crippen molar-refractivity contribution in [3.8, 4) is 0 Å². The maximum atomic E-state index is 5.88. The highest BCUT2D eigenvalue weighted by Gasteiger charge is 2.06. The maximum absolute atomic E-state index is 5.88. The first-order valence-corrected chi connectivity index (χ1v) is 4.05. The summed E-state index contributed by atoms with van der Waals surface area (Å²) in [7, 11) is 1.66. The molecule has 0 bridgehead atoms. The molecule has 0 spiro atoms. The molecule has 0 heterocycles. The zero-order valence-corrected chi connectivity index (χ0v) is 7.58. The minimum absolute atomic E-state index is 0.00352. The Morgan fingerprint density at radius 2 is 2.08 bits per heavy atom. The van der Waals surface area contributed by atoms with Crippen molar-refractivity contribution in [2.24, 2.45) is 5.73 Å². The molecule has 0 unspecified atom stereocenters. The Hall–Kier alpha value is -0.860. The van der Waals surface area contributed by atoms with Gasteiger partial charge in [0.1, 0.15) is 0 Å². The quantitative estimate of drug-likeness (QED) is 0.739. The van der Waals surface area contributed by atoms with Crippen LogP contribution in [0, 0.1) is 6.92 Å². The summed E-state index contributed by atoms with van der Waals surface area (Å²) in [6.07, 6.45) is 0. The summed E-state index contributed by atoms with van der Waals surface area (Å²) in [5.41, 5.74) is 8.27. The monoisotopic (exact) mass is 165 g/mol. The van der Waals surface area contributed by atoms with E-state index in [9.17, 15) is 0 Å². The van der Waals surface area contributed by atoms with Crippen LogP contribution in [0.1, 0.15) is 17.2 Å². The highest BCUT2D eigenvalue weighted by atomic mass is 16.5. The number of benzene rings is 1. The molecule has 1 aromatic rings. The van der Waals surface area contributed by atoms with E-state index < -0.39 is 0 Å². The van der Waals surface area contributed by atoms with Gasteiger partial charge in [0.15, 0.2) is 0 Å². The van der Waals surface area contributed by atoms with Gasteiger partial charge in [-0.05, 0) is 18.1 Å². The van der Waals surface area contributed by atoms with Crippen LogP contribution in [-0.4, -0.2) is 13.7 Å². The third kappa shape index (κ3) is 2.06. The van der Waals surface area contributed by atoms with Gasteiger partial charge in [0.2, 0.25) is 0 Å². The van der Waals surface area contributed by atoms with E-state index in [4.69, 9.17) is 10.5 Å². The molecule has 0 amide bonds. The Balaban J connectivity index is 2.79. The van der Waals surface area contributed by atoms with Crippen LogP contribution in [0.3, 0.4) is 0 Å². The Kier molecular flexibility index (Phi) is 3.26. The Morgan fingerprint density at radius 3 is 2.67 bits per heavy atom. The van der Waals surface area contributed by atoms with Gasteiger partial charge in [-0.15, -0.1) is 0 Å². The average molecular weight is 165 g/mol. The fourth-order valence-electron chi connectivity index (χ4n) is 1.27. The number of methoxy groups -OCH3 is 1. The van der Waals surface area contributed by atoms with Gasteiger partial charge >= 0.3 is 0 Å². The maximum Gasteiger partial charge on any atom is 0.0655 e. The van der Waals surface area contributed by atoms with Crippen molar-refractivity contribution in [2.75, 3.05) is 13.7 Å². The SMILES string of the molecule is COC[C@H](N)c1ccccc1C. The van der Waals surface area contributed by atoms with Gasteiger partial charge in [-0.3, -0.25) is 0 Å². The van der Waals surface area contributed by atoms with Crippen LogP contribution in [0.2, 0.25) is 0 Å². The Labute approximate surface area is 73.3 Å². The van der Waals surface area contributed by atoms with Crippen LogP contribution in [-0.2, 0) is 4.74 Å². The summed E-state index contributed by atoms with van der Waals surface area (Å²) in [4.78, 5) is 0. The van der Waals surface area contributed by atoms with Crippen LogP contribution in [0.4, 0.5) is 0 Å². The zero-order chi connectivity index (χ0) is 8.97. The Bertz CT molecular complexity index is 247. The Morgan fingerprint density at radius 1 is 1.42 bits per heavy atom. The molecule has 2 nitrogen and oxygen atoms in total. The van der Waals surface area contributed by atoms with Crippen LogP contribution in [0.25, 0.3) is 0 Å². The van der Waals surface area contributed by atoms with Crippen LogP contribution in [0.15, 0.2) is 24.3 Å². The molecule has 1 aromatic carbocycles. The van der Waals surface area contributed by atoms with Crippen LogP contribution >= 0.6 is 0 Å². The second-order valence-corrected chi connectivity index (χ2v) is 2.92. The lowest BCUT2D eigenvalue weighted by Gasteiger charge is -2.12. The summed E-state index contributed by atoms with van der Waals surface area (Å²) < 4.78 is 4.99. The molecule has 1 atom stereocenters. The standard InChI is InChI=1S/C10H15NO/c1-8-5-3-4-6-9(8)10(11)7-12-2/h3-6,10H,7,11H2,1-2H3/t10-/m0/s1. The lowest BCUT2D eigenvalue weighted by Crippen LogP contribution is -2.16. The number of hydrogen-bond acceptors (Lipinski definition) is 2. The normalized spacial score (nSPS) is 12.9. The van der Waals surface area contributed by atoms with Gasteiger partial charge in [-0.1, -0.05) is 24.3 Å². The molecule has 0 saturated carbocycles. The molecule has 0 radical (unpaired) electrons. The van der Waals surface area contributed by atoms with Crippen molar-refractivity contribution in [3.63, 3.8) is 0 Å². The lowest BCUT2D eigenvalue weighted by atomic mass is 10.0. The number of rotatable bonds is 3. The summed E-state index contributed by atoms with van der Waals surface area (Å²) >= 11 is 0. The summed E-state index contributed by atoms with van der Waals surface area (Å²) in [5.74, 6) is 0. The second kappa shape index (κ2) is 4.24. The molecule has 12 heavy (non-hydrogen) atoms. The predicted molar refractivity (Wildman–Crippen MR) is 50.0 cm³/mol. The van der Waals surface area contributed by atoms with Gasteiger partial charge in [-0.25, -0.2) is 0 Å². The van der Waals surface area contributed by atoms with Crippen molar-refractivity contribution < 1.29 is 4.74 Å². The van der Waals surface area contributed by atoms with Crippen molar-refractivity contribution in [1.29, 1.82) is 0 Å². The van der Waals surface area contributed by atoms with E-state index in [1.54, 1.807) is 7.11 Å². The van der Waals surface area contributed by atoms with E-state index in [0.717, 1.165) is 0 Å². The van der Waals surface area contributed by atoms with E-state index >= 15 is 0 Å². The third-order valence-electron chi connectivity index (χ3n) is 1.93. The zero-order valence-electron chi connectivity index (χ0n) is 7.58. The first kappa shape index (κ1) is 9.23. The number of nitrogens with two attached hydrogens (primary N) is 1. The molecule has 2 N–H and O–H groups in total. The van der Waals surface area contributed by atoms with Gasteiger partial charge in [0.25, 0.3) is 0 Å². The van der Waals surface area contributed by atoms with Crippen LogP contribution < -0.4 is 5.73 Å². The largest absolute Gasteiger partial charge is 0.383 e. The minimum Gasteiger partial charge on any atom is -0.383 e.